The highest BCUT2D eigenvalue weighted by atomic mass is 16.5. The molecule has 0 aromatic rings. The molecule has 4 bridgehead atoms. The van der Waals surface area contributed by atoms with Crippen LogP contribution in [0.15, 0.2) is 11.3 Å². The van der Waals surface area contributed by atoms with Gasteiger partial charge in [-0.05, 0) is 57.3 Å². The van der Waals surface area contributed by atoms with Gasteiger partial charge >= 0.3 is 5.97 Å². The lowest BCUT2D eigenvalue weighted by Gasteiger charge is -2.60. The number of nitrogens with one attached hydrogen (secondary N) is 1. The summed E-state index contributed by atoms with van der Waals surface area (Å²) in [5.74, 6) is -0.254. The molecule has 7 heteroatoms. The minimum absolute atomic E-state index is 0.0761. The first-order chi connectivity index (χ1) is 12.2. The molecule has 140 valence electrons. The van der Waals surface area contributed by atoms with Crippen molar-refractivity contribution in [2.24, 2.45) is 23.0 Å². The summed E-state index contributed by atoms with van der Waals surface area (Å²) in [6.07, 6.45) is 4.96. The first-order valence-corrected chi connectivity index (χ1v) is 9.04. The van der Waals surface area contributed by atoms with E-state index >= 15 is 0 Å². The maximum absolute atomic E-state index is 12.9. The van der Waals surface area contributed by atoms with Crippen LogP contribution in [0.5, 0.6) is 0 Å². The molecule has 0 heterocycles. The van der Waals surface area contributed by atoms with Gasteiger partial charge in [0.25, 0.3) is 0 Å². The van der Waals surface area contributed by atoms with Gasteiger partial charge in [-0.25, -0.2) is 0 Å². The number of hydrogen-bond donors (Lipinski definition) is 2. The maximum atomic E-state index is 12.9. The number of Topliss-reactive ketones (excluding diaryl/α,β-unsaturated/α-hetero) is 1. The van der Waals surface area contributed by atoms with E-state index in [1.54, 1.807) is 6.07 Å². The highest BCUT2D eigenvalue weighted by molar-refractivity contribution is 6.01. The molecule has 0 radical (unpaired) electrons. The number of carbonyl (C=O) groups is 3. The molecule has 0 aliphatic heterocycles. The summed E-state index contributed by atoms with van der Waals surface area (Å²) in [6.45, 7) is 2.50. The number of rotatable bonds is 5. The van der Waals surface area contributed by atoms with Gasteiger partial charge in [0.2, 0.25) is 11.7 Å². The van der Waals surface area contributed by atoms with Crippen molar-refractivity contribution in [2.75, 3.05) is 6.61 Å². The lowest BCUT2D eigenvalue weighted by molar-refractivity contribution is -0.176. The van der Waals surface area contributed by atoms with Crippen LogP contribution in [0.3, 0.4) is 0 Å². The molecule has 26 heavy (non-hydrogen) atoms. The van der Waals surface area contributed by atoms with Gasteiger partial charge in [-0.2, -0.15) is 5.26 Å². The summed E-state index contributed by atoms with van der Waals surface area (Å²) in [5.41, 5.74) is 4.50. The fourth-order valence-corrected chi connectivity index (χ4v) is 5.75. The third-order valence-corrected chi connectivity index (χ3v) is 6.05. The molecule has 4 aliphatic carbocycles. The normalized spacial score (nSPS) is 35.3. The number of carbonyl (C=O) groups excluding carboxylic acids is 3. The Morgan fingerprint density at radius 2 is 1.81 bits per heavy atom. The van der Waals surface area contributed by atoms with E-state index in [0.717, 1.165) is 32.1 Å². The molecule has 1 amide bonds. The topological polar surface area (TPSA) is 122 Å². The van der Waals surface area contributed by atoms with E-state index in [9.17, 15) is 14.4 Å². The predicted octanol–water partition coefficient (Wildman–Crippen LogP) is 1.33. The van der Waals surface area contributed by atoms with E-state index in [1.165, 1.54) is 13.8 Å². The van der Waals surface area contributed by atoms with Crippen LogP contribution in [0.1, 0.15) is 52.4 Å². The molecule has 0 aromatic heterocycles. The summed E-state index contributed by atoms with van der Waals surface area (Å²) in [7, 11) is 0. The van der Waals surface area contributed by atoms with Crippen LogP contribution in [-0.2, 0) is 19.1 Å². The number of nitriles is 1. The summed E-state index contributed by atoms with van der Waals surface area (Å²) >= 11 is 0. The lowest BCUT2D eigenvalue weighted by Crippen LogP contribution is -2.64. The standard InChI is InChI=1S/C19H25N3O4/c1-11(21)15(8-20)16(24)9-26-17(25)18-4-13-3-14(5-18)7-19(6-13,10-18)22-12(2)23/h13-14H,3-7,9-10,21H2,1-2H3,(H,22,23)/b15-11-. The van der Waals surface area contributed by atoms with Crippen LogP contribution in [0.2, 0.25) is 0 Å². The summed E-state index contributed by atoms with van der Waals surface area (Å²) in [5, 5.41) is 12.1. The first-order valence-electron chi connectivity index (χ1n) is 9.04. The van der Waals surface area contributed by atoms with Gasteiger partial charge < -0.3 is 15.8 Å². The molecule has 2 unspecified atom stereocenters. The minimum atomic E-state index is -0.638. The number of amides is 1. The zero-order valence-corrected chi connectivity index (χ0v) is 15.3. The Hall–Kier alpha value is -2.36. The van der Waals surface area contributed by atoms with Crippen LogP contribution in [0.25, 0.3) is 0 Å². The van der Waals surface area contributed by atoms with Crippen molar-refractivity contribution < 1.29 is 19.1 Å². The Morgan fingerprint density at radius 1 is 1.19 bits per heavy atom. The van der Waals surface area contributed by atoms with Crippen molar-refractivity contribution in [2.45, 2.75) is 57.9 Å². The third-order valence-electron chi connectivity index (χ3n) is 6.05. The molecule has 0 aromatic carbocycles. The quantitative estimate of drug-likeness (QED) is 0.434. The van der Waals surface area contributed by atoms with Crippen LogP contribution >= 0.6 is 0 Å². The largest absolute Gasteiger partial charge is 0.457 e. The summed E-state index contributed by atoms with van der Waals surface area (Å²) in [6, 6.07) is 1.75. The van der Waals surface area contributed by atoms with Crippen LogP contribution in [-0.4, -0.2) is 29.8 Å². The van der Waals surface area contributed by atoms with Gasteiger partial charge in [0, 0.05) is 18.2 Å². The Labute approximate surface area is 152 Å². The third kappa shape index (κ3) is 3.20. The second kappa shape index (κ2) is 6.42. The van der Waals surface area contributed by atoms with E-state index < -0.39 is 17.8 Å². The molecule has 4 rings (SSSR count). The van der Waals surface area contributed by atoms with Crippen LogP contribution in [0.4, 0.5) is 0 Å². The van der Waals surface area contributed by atoms with E-state index in [-0.39, 0.29) is 28.7 Å². The van der Waals surface area contributed by atoms with Crippen LogP contribution in [0, 0.1) is 28.6 Å². The fourth-order valence-electron chi connectivity index (χ4n) is 5.75. The van der Waals surface area contributed by atoms with Crippen molar-refractivity contribution in [3.63, 3.8) is 0 Å². The zero-order valence-electron chi connectivity index (χ0n) is 15.3. The smallest absolute Gasteiger partial charge is 0.312 e. The molecule has 3 N–H and O–H groups in total. The van der Waals surface area contributed by atoms with Crippen molar-refractivity contribution in [3.8, 4) is 6.07 Å². The van der Waals surface area contributed by atoms with E-state index in [0.29, 0.717) is 18.3 Å². The second-order valence-electron chi connectivity index (χ2n) is 8.37. The van der Waals surface area contributed by atoms with Crippen molar-refractivity contribution in [3.05, 3.63) is 11.3 Å². The van der Waals surface area contributed by atoms with Gasteiger partial charge in [0.05, 0.1) is 5.41 Å². The van der Waals surface area contributed by atoms with Gasteiger partial charge in [-0.3, -0.25) is 14.4 Å². The highest BCUT2D eigenvalue weighted by Gasteiger charge is 2.61. The molecular formula is C19H25N3O4. The van der Waals surface area contributed by atoms with E-state index in [4.69, 9.17) is 15.7 Å². The Bertz CT molecular complexity index is 716. The second-order valence-corrected chi connectivity index (χ2v) is 8.37. The number of hydrogen-bond acceptors (Lipinski definition) is 6. The molecule has 4 aliphatic rings. The Balaban J connectivity index is 1.73. The molecule has 7 nitrogen and oxygen atoms in total. The molecule has 2 atom stereocenters. The average Bonchev–Trinajstić information content (AvgIpc) is 2.50. The van der Waals surface area contributed by atoms with E-state index in [2.05, 4.69) is 5.32 Å². The van der Waals surface area contributed by atoms with Crippen molar-refractivity contribution >= 4 is 17.7 Å². The molecule has 0 saturated heterocycles. The van der Waals surface area contributed by atoms with Gasteiger partial charge in [-0.1, -0.05) is 0 Å². The average molecular weight is 359 g/mol. The number of nitrogens with two attached hydrogens (primary N) is 1. The maximum Gasteiger partial charge on any atom is 0.312 e. The summed E-state index contributed by atoms with van der Waals surface area (Å²) in [4.78, 5) is 36.6. The Morgan fingerprint density at radius 3 is 2.31 bits per heavy atom. The molecular weight excluding hydrogens is 334 g/mol. The van der Waals surface area contributed by atoms with E-state index in [1.807, 2.05) is 0 Å². The fraction of sp³-hybridized carbons (Fsp3) is 0.684. The lowest BCUT2D eigenvalue weighted by atomic mass is 9.47. The SMILES string of the molecule is CC(=O)NC12CC3CC(C1)CC(C(=O)OCC(=O)/C(C#N)=C(/C)N)(C3)C2. The summed E-state index contributed by atoms with van der Waals surface area (Å²) < 4.78 is 5.33. The first kappa shape index (κ1) is 18.4. The Kier molecular flexibility index (Phi) is 4.55. The monoisotopic (exact) mass is 359 g/mol. The van der Waals surface area contributed by atoms with Crippen LogP contribution < -0.4 is 11.1 Å². The van der Waals surface area contributed by atoms with Crippen molar-refractivity contribution in [1.82, 2.24) is 5.32 Å². The predicted molar refractivity (Wildman–Crippen MR) is 92.1 cm³/mol. The highest BCUT2D eigenvalue weighted by Crippen LogP contribution is 2.62. The molecule has 4 saturated carbocycles. The molecule has 0 spiro atoms. The van der Waals surface area contributed by atoms with Gasteiger partial charge in [-0.15, -0.1) is 0 Å². The van der Waals surface area contributed by atoms with Gasteiger partial charge in [0.1, 0.15) is 11.6 Å². The van der Waals surface area contributed by atoms with Gasteiger partial charge in [0.15, 0.2) is 6.61 Å². The number of ketones is 1. The van der Waals surface area contributed by atoms with Crippen molar-refractivity contribution in [1.29, 1.82) is 5.26 Å². The number of nitrogens with zero attached hydrogens (tertiary/aromatic N) is 1. The zero-order chi connectivity index (χ0) is 19.1. The number of esters is 1. The number of ether oxygens (including phenoxy) is 1. The number of allylic oxidation sites excluding steroid dienone is 1. The molecule has 4 fully saturated rings. The minimum Gasteiger partial charge on any atom is -0.457 e.